The van der Waals surface area contributed by atoms with Crippen LogP contribution in [0.15, 0.2) is 41.3 Å². The molecule has 6 nitrogen and oxygen atoms in total. The van der Waals surface area contributed by atoms with Crippen molar-refractivity contribution in [1.29, 1.82) is 0 Å². The first-order chi connectivity index (χ1) is 12.3. The number of nitrogens with zero attached hydrogens (tertiary/aromatic N) is 2. The summed E-state index contributed by atoms with van der Waals surface area (Å²) in [6, 6.07) is 10.4. The summed E-state index contributed by atoms with van der Waals surface area (Å²) in [5.41, 5.74) is 2.36. The van der Waals surface area contributed by atoms with Gasteiger partial charge in [0.15, 0.2) is 0 Å². The van der Waals surface area contributed by atoms with Gasteiger partial charge in [-0.25, -0.2) is 0 Å². The number of anilines is 1. The third kappa shape index (κ3) is 3.84. The first-order valence-corrected chi connectivity index (χ1v) is 8.97. The molecule has 1 aliphatic rings. The monoisotopic (exact) mass is 389 g/mol. The minimum Gasteiger partial charge on any atom is -0.348 e. The Morgan fingerprint density at radius 2 is 2.04 bits per heavy atom. The maximum Gasteiger partial charge on any atom is 0.294 e. The molecule has 1 aromatic carbocycles. The molecule has 0 radical (unpaired) electrons. The number of rotatable bonds is 4. The third-order valence-electron chi connectivity index (χ3n) is 3.97. The van der Waals surface area contributed by atoms with Gasteiger partial charge in [0.2, 0.25) is 5.91 Å². The normalized spacial score (nSPS) is 15.8. The van der Waals surface area contributed by atoms with Crippen molar-refractivity contribution in [3.05, 3.63) is 57.7 Å². The number of aromatic nitrogens is 1. The molecule has 0 atom stereocenters. The topological polar surface area (TPSA) is 71.4 Å². The van der Waals surface area contributed by atoms with Crippen molar-refractivity contribution in [2.24, 2.45) is 7.05 Å². The van der Waals surface area contributed by atoms with Gasteiger partial charge in [0.25, 0.3) is 11.1 Å². The van der Waals surface area contributed by atoms with Crippen LogP contribution in [-0.4, -0.2) is 33.1 Å². The molecule has 1 N–H and O–H groups in total. The lowest BCUT2D eigenvalue weighted by atomic mass is 10.3. The summed E-state index contributed by atoms with van der Waals surface area (Å²) in [4.78, 5) is 38.0. The second-order valence-electron chi connectivity index (χ2n) is 5.78. The molecule has 0 unspecified atom stereocenters. The number of carbonyl (C=O) groups excluding carboxylic acids is 3. The fraction of sp³-hybridized carbons (Fsp3) is 0.167. The predicted molar refractivity (Wildman–Crippen MR) is 103 cm³/mol. The zero-order valence-corrected chi connectivity index (χ0v) is 15.7. The highest BCUT2D eigenvalue weighted by molar-refractivity contribution is 8.18. The molecular weight excluding hydrogens is 374 g/mol. The minimum absolute atomic E-state index is 0.298. The van der Waals surface area contributed by atoms with Crippen molar-refractivity contribution < 1.29 is 14.4 Å². The fourth-order valence-corrected chi connectivity index (χ4v) is 3.47. The second kappa shape index (κ2) is 7.39. The lowest BCUT2D eigenvalue weighted by Crippen LogP contribution is -2.36. The standard InChI is InChI=1S/C18H16ClN3O3S/c1-11-6-7-14(21(11)2)9-15-17(24)22(18(25)26-15)10-16(23)20-13-5-3-4-12(19)8-13/h3-9H,10H2,1-2H3,(H,20,23)/b15-9-. The number of imide groups is 1. The van der Waals surface area contributed by atoms with E-state index in [0.717, 1.165) is 28.0 Å². The maximum absolute atomic E-state index is 12.5. The molecule has 1 saturated heterocycles. The molecule has 0 spiro atoms. The fourth-order valence-electron chi connectivity index (χ4n) is 2.46. The summed E-state index contributed by atoms with van der Waals surface area (Å²) >= 11 is 6.70. The SMILES string of the molecule is Cc1ccc(/C=C2\SC(=O)N(CC(=O)Nc3cccc(Cl)c3)C2=O)n1C. The lowest BCUT2D eigenvalue weighted by Gasteiger charge is -2.12. The van der Waals surface area contributed by atoms with Gasteiger partial charge in [-0.2, -0.15) is 0 Å². The quantitative estimate of drug-likeness (QED) is 0.810. The number of nitrogens with one attached hydrogen (secondary N) is 1. The van der Waals surface area contributed by atoms with Gasteiger partial charge < -0.3 is 9.88 Å². The van der Waals surface area contributed by atoms with E-state index in [4.69, 9.17) is 11.6 Å². The van der Waals surface area contributed by atoms with Crippen LogP contribution < -0.4 is 5.32 Å². The molecule has 0 aliphatic carbocycles. The van der Waals surface area contributed by atoms with E-state index in [0.29, 0.717) is 15.6 Å². The number of carbonyl (C=O) groups is 3. The Morgan fingerprint density at radius 1 is 1.27 bits per heavy atom. The number of halogens is 1. The molecule has 3 amide bonds. The number of thioether (sulfide) groups is 1. The van der Waals surface area contributed by atoms with Gasteiger partial charge >= 0.3 is 0 Å². The number of hydrogen-bond acceptors (Lipinski definition) is 4. The number of benzene rings is 1. The Hall–Kier alpha value is -2.51. The molecule has 0 bridgehead atoms. The van der Waals surface area contributed by atoms with Crippen LogP contribution in [0.2, 0.25) is 5.02 Å². The van der Waals surface area contributed by atoms with E-state index in [1.807, 2.05) is 30.7 Å². The van der Waals surface area contributed by atoms with Crippen LogP contribution >= 0.6 is 23.4 Å². The van der Waals surface area contributed by atoms with Crippen LogP contribution in [0.4, 0.5) is 10.5 Å². The molecule has 1 aromatic heterocycles. The Balaban J connectivity index is 1.71. The zero-order valence-electron chi connectivity index (χ0n) is 14.2. The van der Waals surface area contributed by atoms with Gasteiger partial charge in [0.05, 0.1) is 4.91 Å². The predicted octanol–water partition coefficient (Wildman–Crippen LogP) is 3.66. The summed E-state index contributed by atoms with van der Waals surface area (Å²) < 4.78 is 1.92. The summed E-state index contributed by atoms with van der Waals surface area (Å²) in [6.45, 7) is 1.60. The molecule has 2 aromatic rings. The van der Waals surface area contributed by atoms with Crippen molar-refractivity contribution in [2.75, 3.05) is 11.9 Å². The molecule has 1 aliphatic heterocycles. The van der Waals surface area contributed by atoms with E-state index >= 15 is 0 Å². The van der Waals surface area contributed by atoms with Gasteiger partial charge in [-0.3, -0.25) is 19.3 Å². The number of amides is 3. The van der Waals surface area contributed by atoms with Crippen molar-refractivity contribution in [3.63, 3.8) is 0 Å². The van der Waals surface area contributed by atoms with Crippen LogP contribution in [0.1, 0.15) is 11.4 Å². The average molecular weight is 390 g/mol. The Kier molecular flexibility index (Phi) is 5.20. The summed E-state index contributed by atoms with van der Waals surface area (Å²) in [7, 11) is 1.88. The molecule has 1 fully saturated rings. The Morgan fingerprint density at radius 3 is 2.69 bits per heavy atom. The van der Waals surface area contributed by atoms with E-state index in [2.05, 4.69) is 5.32 Å². The van der Waals surface area contributed by atoms with E-state index < -0.39 is 17.1 Å². The van der Waals surface area contributed by atoms with Crippen LogP contribution in [0.25, 0.3) is 6.08 Å². The molecule has 2 heterocycles. The van der Waals surface area contributed by atoms with Crippen molar-refractivity contribution in [3.8, 4) is 0 Å². The summed E-state index contributed by atoms with van der Waals surface area (Å²) in [5.74, 6) is -0.939. The van der Waals surface area contributed by atoms with Crippen LogP contribution in [-0.2, 0) is 16.6 Å². The van der Waals surface area contributed by atoms with Gasteiger partial charge in [0.1, 0.15) is 6.54 Å². The number of hydrogen-bond donors (Lipinski definition) is 1. The van der Waals surface area contributed by atoms with Crippen LogP contribution in [0, 0.1) is 6.92 Å². The van der Waals surface area contributed by atoms with Gasteiger partial charge in [-0.1, -0.05) is 17.7 Å². The largest absolute Gasteiger partial charge is 0.348 e. The Labute approximate surface area is 159 Å². The first kappa shape index (κ1) is 18.3. The lowest BCUT2D eigenvalue weighted by molar-refractivity contribution is -0.127. The highest BCUT2D eigenvalue weighted by Gasteiger charge is 2.36. The van der Waals surface area contributed by atoms with Gasteiger partial charge in [0, 0.05) is 29.1 Å². The van der Waals surface area contributed by atoms with Crippen LogP contribution in [0.3, 0.4) is 0 Å². The summed E-state index contributed by atoms with van der Waals surface area (Å²) in [5, 5.41) is 2.64. The van der Waals surface area contributed by atoms with Crippen LogP contribution in [0.5, 0.6) is 0 Å². The first-order valence-electron chi connectivity index (χ1n) is 7.78. The summed E-state index contributed by atoms with van der Waals surface area (Å²) in [6.07, 6.45) is 1.66. The second-order valence-corrected chi connectivity index (χ2v) is 7.21. The highest BCUT2D eigenvalue weighted by atomic mass is 35.5. The Bertz CT molecular complexity index is 936. The van der Waals surface area contributed by atoms with E-state index in [1.165, 1.54) is 0 Å². The minimum atomic E-state index is -0.472. The third-order valence-corrected chi connectivity index (χ3v) is 5.12. The maximum atomic E-state index is 12.5. The van der Waals surface area contributed by atoms with E-state index in [9.17, 15) is 14.4 Å². The molecular formula is C18H16ClN3O3S. The van der Waals surface area contributed by atoms with Crippen molar-refractivity contribution >= 4 is 52.2 Å². The molecule has 134 valence electrons. The number of aryl methyl sites for hydroxylation is 1. The zero-order chi connectivity index (χ0) is 18.8. The molecule has 0 saturated carbocycles. The van der Waals surface area contributed by atoms with Gasteiger partial charge in [-0.15, -0.1) is 0 Å². The van der Waals surface area contributed by atoms with E-state index in [-0.39, 0.29) is 6.54 Å². The molecule has 3 rings (SSSR count). The molecule has 8 heteroatoms. The van der Waals surface area contributed by atoms with Crippen molar-refractivity contribution in [1.82, 2.24) is 9.47 Å². The smallest absolute Gasteiger partial charge is 0.294 e. The highest BCUT2D eigenvalue weighted by Crippen LogP contribution is 2.32. The molecule has 26 heavy (non-hydrogen) atoms. The average Bonchev–Trinajstić information content (AvgIpc) is 3.03. The van der Waals surface area contributed by atoms with Crippen molar-refractivity contribution in [2.45, 2.75) is 6.92 Å². The van der Waals surface area contributed by atoms with E-state index in [1.54, 1.807) is 30.3 Å². The van der Waals surface area contributed by atoms with Gasteiger partial charge in [-0.05, 0) is 55.1 Å².